The average Bonchev–Trinajstić information content (AvgIpc) is 2.33. The molecule has 0 bridgehead atoms. The molecule has 0 aromatic heterocycles. The van der Waals surface area contributed by atoms with Crippen molar-refractivity contribution in [1.82, 2.24) is 0 Å². The lowest BCUT2D eigenvalue weighted by atomic mass is 10.2. The van der Waals surface area contributed by atoms with Crippen LogP contribution in [0.1, 0.15) is 0 Å². The van der Waals surface area contributed by atoms with Crippen LogP contribution in [0.3, 0.4) is 0 Å². The van der Waals surface area contributed by atoms with E-state index in [0.29, 0.717) is 0 Å². The molecule has 1 heterocycles. The first-order valence-electron chi connectivity index (χ1n) is 2.78. The first-order chi connectivity index (χ1) is 4.75. The summed E-state index contributed by atoms with van der Waals surface area (Å²) in [5, 5.41) is 8.47. The van der Waals surface area contributed by atoms with Crippen molar-refractivity contribution in [2.45, 2.75) is 12.1 Å². The lowest BCUT2D eigenvalue weighted by Crippen LogP contribution is -2.27. The van der Waals surface area contributed by atoms with Gasteiger partial charge in [-0.1, -0.05) is 6.58 Å². The van der Waals surface area contributed by atoms with Crippen LogP contribution in [0.15, 0.2) is 17.6 Å². The fourth-order valence-corrected chi connectivity index (χ4v) is 0.719. The minimum Gasteiger partial charge on any atom is -0.480 e. The number of carboxylic acid groups (broad SMARTS) is 1. The molecule has 10 heavy (non-hydrogen) atoms. The van der Waals surface area contributed by atoms with Gasteiger partial charge in [-0.3, -0.25) is 0 Å². The van der Waals surface area contributed by atoms with Crippen LogP contribution in [0.2, 0.25) is 0 Å². The second-order valence-corrected chi connectivity index (χ2v) is 1.87. The van der Waals surface area contributed by atoms with Crippen molar-refractivity contribution in [3.05, 3.63) is 12.7 Å². The van der Waals surface area contributed by atoms with Gasteiger partial charge in [0.25, 0.3) is 0 Å². The van der Waals surface area contributed by atoms with E-state index in [1.165, 1.54) is 6.08 Å². The van der Waals surface area contributed by atoms with Gasteiger partial charge >= 0.3 is 5.97 Å². The lowest BCUT2D eigenvalue weighted by molar-refractivity contribution is -0.139. The van der Waals surface area contributed by atoms with Crippen LogP contribution < -0.4 is 0 Å². The van der Waals surface area contributed by atoms with E-state index in [-0.39, 0.29) is 0 Å². The van der Waals surface area contributed by atoms with Crippen LogP contribution in [0.5, 0.6) is 0 Å². The van der Waals surface area contributed by atoms with Crippen molar-refractivity contribution >= 4 is 12.4 Å². The highest BCUT2D eigenvalue weighted by molar-refractivity contribution is 5.78. The van der Waals surface area contributed by atoms with Crippen LogP contribution in [-0.2, 0) is 9.53 Å². The fraction of sp³-hybridized carbons (Fsp3) is 0.333. The summed E-state index contributed by atoms with van der Waals surface area (Å²) in [5.74, 6) is -0.987. The molecule has 4 nitrogen and oxygen atoms in total. The zero-order valence-corrected chi connectivity index (χ0v) is 5.23. The second-order valence-electron chi connectivity index (χ2n) is 1.87. The molecule has 0 amide bonds. The Morgan fingerprint density at radius 1 is 1.90 bits per heavy atom. The topological polar surface area (TPSA) is 58.9 Å². The Morgan fingerprint density at radius 3 is 3.00 bits per heavy atom. The molecule has 1 aliphatic heterocycles. The number of aliphatic carboxylic acids is 1. The molecule has 0 aromatic carbocycles. The Bertz CT molecular complexity index is 187. The molecular weight excluding hydrogens is 134 g/mol. The minimum atomic E-state index is -0.987. The highest BCUT2D eigenvalue weighted by Gasteiger charge is 2.29. The van der Waals surface area contributed by atoms with E-state index in [0.717, 1.165) is 6.40 Å². The summed E-state index contributed by atoms with van der Waals surface area (Å²) in [6.07, 6.45) is 2.06. The molecule has 0 aliphatic carbocycles. The second kappa shape index (κ2) is 2.51. The Hall–Kier alpha value is -1.32. The van der Waals surface area contributed by atoms with Crippen molar-refractivity contribution in [2.24, 2.45) is 4.99 Å². The van der Waals surface area contributed by atoms with Gasteiger partial charge in [0.05, 0.1) is 0 Å². The highest BCUT2D eigenvalue weighted by Crippen LogP contribution is 2.09. The fourth-order valence-electron chi connectivity index (χ4n) is 0.719. The SMILES string of the molecule is C=CC1OC=NC1C(=O)O. The van der Waals surface area contributed by atoms with Crippen molar-refractivity contribution in [2.75, 3.05) is 0 Å². The van der Waals surface area contributed by atoms with Gasteiger partial charge in [-0.2, -0.15) is 0 Å². The summed E-state index contributed by atoms with van der Waals surface area (Å²) in [6, 6.07) is -0.808. The summed E-state index contributed by atoms with van der Waals surface area (Å²) in [7, 11) is 0. The number of carboxylic acids is 1. The molecule has 1 aliphatic rings. The summed E-state index contributed by atoms with van der Waals surface area (Å²) in [5.41, 5.74) is 0. The van der Waals surface area contributed by atoms with E-state index in [4.69, 9.17) is 9.84 Å². The van der Waals surface area contributed by atoms with Crippen molar-refractivity contribution < 1.29 is 14.6 Å². The number of carbonyl (C=O) groups is 1. The van der Waals surface area contributed by atoms with Crippen molar-refractivity contribution in [3.63, 3.8) is 0 Å². The molecule has 0 spiro atoms. The van der Waals surface area contributed by atoms with E-state index in [9.17, 15) is 4.79 Å². The van der Waals surface area contributed by atoms with Crippen LogP contribution >= 0.6 is 0 Å². The van der Waals surface area contributed by atoms with E-state index in [1.54, 1.807) is 0 Å². The number of nitrogens with zero attached hydrogens (tertiary/aromatic N) is 1. The van der Waals surface area contributed by atoms with E-state index in [1.807, 2.05) is 0 Å². The molecule has 0 fully saturated rings. The summed E-state index contributed by atoms with van der Waals surface area (Å²) in [6.45, 7) is 3.41. The Balaban J connectivity index is 2.65. The van der Waals surface area contributed by atoms with Gasteiger partial charge in [0.2, 0.25) is 0 Å². The molecule has 0 radical (unpaired) electrons. The average molecular weight is 141 g/mol. The molecule has 2 unspecified atom stereocenters. The maximum Gasteiger partial charge on any atom is 0.332 e. The summed E-state index contributed by atoms with van der Waals surface area (Å²) >= 11 is 0. The molecule has 1 rings (SSSR count). The van der Waals surface area contributed by atoms with Gasteiger partial charge in [-0.05, 0) is 6.08 Å². The molecule has 0 aromatic rings. The monoisotopic (exact) mass is 141 g/mol. The summed E-state index contributed by atoms with van der Waals surface area (Å²) < 4.78 is 4.79. The number of ether oxygens (including phenoxy) is 1. The van der Waals surface area contributed by atoms with Gasteiger partial charge in [0.15, 0.2) is 18.5 Å². The van der Waals surface area contributed by atoms with Crippen LogP contribution in [0.25, 0.3) is 0 Å². The normalized spacial score (nSPS) is 29.6. The first kappa shape index (κ1) is 6.80. The first-order valence-corrected chi connectivity index (χ1v) is 2.78. The van der Waals surface area contributed by atoms with Crippen molar-refractivity contribution in [3.8, 4) is 0 Å². The quantitative estimate of drug-likeness (QED) is 0.553. The standard InChI is InChI=1S/C6H7NO3/c1-2-4-5(6(8)9)7-3-10-4/h2-5H,1H2,(H,8,9). The zero-order valence-electron chi connectivity index (χ0n) is 5.23. The summed E-state index contributed by atoms with van der Waals surface area (Å²) in [4.78, 5) is 13.9. The maximum absolute atomic E-state index is 10.3. The number of hydrogen-bond acceptors (Lipinski definition) is 3. The maximum atomic E-state index is 10.3. The van der Waals surface area contributed by atoms with Crippen LogP contribution in [-0.4, -0.2) is 29.6 Å². The van der Waals surface area contributed by atoms with Gasteiger partial charge in [-0.25, -0.2) is 9.79 Å². The van der Waals surface area contributed by atoms with Crippen LogP contribution in [0, 0.1) is 0 Å². The van der Waals surface area contributed by atoms with Crippen molar-refractivity contribution in [1.29, 1.82) is 0 Å². The van der Waals surface area contributed by atoms with E-state index in [2.05, 4.69) is 11.6 Å². The molecule has 1 N–H and O–H groups in total. The Morgan fingerprint density at radius 2 is 2.60 bits per heavy atom. The van der Waals surface area contributed by atoms with E-state index >= 15 is 0 Å². The minimum absolute atomic E-state index is 0.502. The number of rotatable bonds is 2. The lowest BCUT2D eigenvalue weighted by Gasteiger charge is -2.06. The molecule has 0 saturated heterocycles. The van der Waals surface area contributed by atoms with Gasteiger partial charge in [0.1, 0.15) is 0 Å². The molecule has 0 saturated carbocycles. The largest absolute Gasteiger partial charge is 0.480 e. The third-order valence-corrected chi connectivity index (χ3v) is 1.24. The van der Waals surface area contributed by atoms with Gasteiger partial charge < -0.3 is 9.84 Å². The molecule has 4 heteroatoms. The molecule has 2 atom stereocenters. The predicted molar refractivity (Wildman–Crippen MR) is 35.0 cm³/mol. The van der Waals surface area contributed by atoms with Gasteiger partial charge in [0, 0.05) is 0 Å². The highest BCUT2D eigenvalue weighted by atomic mass is 16.5. The third kappa shape index (κ3) is 1.00. The Labute approximate surface area is 57.8 Å². The van der Waals surface area contributed by atoms with E-state index < -0.39 is 18.1 Å². The number of hydrogen-bond donors (Lipinski definition) is 1. The smallest absolute Gasteiger partial charge is 0.332 e. The molecule has 54 valence electrons. The predicted octanol–water partition coefficient (Wildman–Crippen LogP) is 0.0527. The third-order valence-electron chi connectivity index (χ3n) is 1.24. The molecular formula is C6H7NO3. The van der Waals surface area contributed by atoms with Crippen LogP contribution in [0.4, 0.5) is 0 Å². The van der Waals surface area contributed by atoms with Gasteiger partial charge in [-0.15, -0.1) is 0 Å². The zero-order chi connectivity index (χ0) is 7.56. The Kier molecular flexibility index (Phi) is 1.71. The number of aliphatic imine (C=N–C) groups is 1.